The largest absolute Gasteiger partial charge is 0.331 e. The molecule has 0 fully saturated rings. The van der Waals surface area contributed by atoms with Gasteiger partial charge in [0.25, 0.3) is 0 Å². The zero-order valence-electron chi connectivity index (χ0n) is 11.3. The van der Waals surface area contributed by atoms with E-state index in [0.717, 1.165) is 13.0 Å². The van der Waals surface area contributed by atoms with Crippen LogP contribution in [0.3, 0.4) is 0 Å². The zero-order valence-corrected chi connectivity index (χ0v) is 11.3. The minimum absolute atomic E-state index is 0.663. The molecule has 0 bridgehead atoms. The molecule has 1 aromatic carbocycles. The summed E-state index contributed by atoms with van der Waals surface area (Å²) in [6.45, 7) is 9.50. The highest BCUT2D eigenvalue weighted by molar-refractivity contribution is 5.26. The molecule has 0 radical (unpaired) electrons. The van der Waals surface area contributed by atoms with Crippen LogP contribution in [-0.2, 0) is 13.0 Å². The molecule has 0 spiro atoms. The normalized spacial score (nSPS) is 8.38. The van der Waals surface area contributed by atoms with Gasteiger partial charge < -0.3 is 11.5 Å². The molecule has 0 saturated carbocycles. The highest BCUT2D eigenvalue weighted by atomic mass is 14.5. The van der Waals surface area contributed by atoms with E-state index in [0.29, 0.717) is 6.54 Å². The minimum atomic E-state index is 0.663. The molecule has 0 saturated heterocycles. The maximum absolute atomic E-state index is 5.58. The topological polar surface area (TPSA) is 52.0 Å². The standard InChI is InChI=1S/C10H15N.C2H7N.C2H6/c1-2-5-9-6-3-4-7-10(9)8-11;1-2-3;1-2/h3-4,6-7H,2,5,8,11H2,1H3;2-3H2,1H3;1-2H3. The summed E-state index contributed by atoms with van der Waals surface area (Å²) < 4.78 is 0. The first kappa shape index (κ1) is 17.5. The van der Waals surface area contributed by atoms with Gasteiger partial charge in [0.2, 0.25) is 0 Å². The van der Waals surface area contributed by atoms with Crippen molar-refractivity contribution >= 4 is 0 Å². The quantitative estimate of drug-likeness (QED) is 0.829. The molecule has 0 amide bonds. The van der Waals surface area contributed by atoms with E-state index in [-0.39, 0.29) is 0 Å². The number of hydrogen-bond acceptors (Lipinski definition) is 2. The van der Waals surface area contributed by atoms with Crippen molar-refractivity contribution in [3.8, 4) is 0 Å². The Bertz CT molecular complexity index is 234. The summed E-state index contributed by atoms with van der Waals surface area (Å²) in [6.07, 6.45) is 2.34. The number of benzene rings is 1. The third kappa shape index (κ3) is 8.45. The van der Waals surface area contributed by atoms with Crippen LogP contribution in [-0.4, -0.2) is 6.54 Å². The van der Waals surface area contributed by atoms with E-state index >= 15 is 0 Å². The van der Waals surface area contributed by atoms with Gasteiger partial charge in [-0.05, 0) is 24.1 Å². The molecule has 0 atom stereocenters. The lowest BCUT2D eigenvalue weighted by Crippen LogP contribution is -2.00. The van der Waals surface area contributed by atoms with Crippen LogP contribution in [0.2, 0.25) is 0 Å². The van der Waals surface area contributed by atoms with Gasteiger partial charge in [0.15, 0.2) is 0 Å². The van der Waals surface area contributed by atoms with E-state index in [1.165, 1.54) is 17.5 Å². The van der Waals surface area contributed by atoms with Gasteiger partial charge in [-0.15, -0.1) is 0 Å². The first-order valence-corrected chi connectivity index (χ1v) is 6.27. The van der Waals surface area contributed by atoms with Crippen LogP contribution in [0.5, 0.6) is 0 Å². The van der Waals surface area contributed by atoms with Crippen molar-refractivity contribution in [3.63, 3.8) is 0 Å². The van der Waals surface area contributed by atoms with Crippen LogP contribution < -0.4 is 11.5 Å². The Morgan fingerprint density at radius 2 is 1.38 bits per heavy atom. The number of nitrogens with two attached hydrogens (primary N) is 2. The van der Waals surface area contributed by atoms with Crippen LogP contribution in [0, 0.1) is 0 Å². The summed E-state index contributed by atoms with van der Waals surface area (Å²) >= 11 is 0. The predicted octanol–water partition coefficient (Wildman–Crippen LogP) is 3.09. The molecule has 0 aliphatic heterocycles. The van der Waals surface area contributed by atoms with Gasteiger partial charge in [-0.3, -0.25) is 0 Å². The minimum Gasteiger partial charge on any atom is -0.331 e. The van der Waals surface area contributed by atoms with Crippen molar-refractivity contribution in [3.05, 3.63) is 35.4 Å². The van der Waals surface area contributed by atoms with Crippen LogP contribution in [0.15, 0.2) is 24.3 Å². The van der Waals surface area contributed by atoms with Gasteiger partial charge >= 0.3 is 0 Å². The van der Waals surface area contributed by atoms with Gasteiger partial charge in [-0.2, -0.15) is 0 Å². The second kappa shape index (κ2) is 14.1. The summed E-state index contributed by atoms with van der Waals surface area (Å²) in [6, 6.07) is 8.38. The summed E-state index contributed by atoms with van der Waals surface area (Å²) in [7, 11) is 0. The number of rotatable bonds is 3. The predicted molar refractivity (Wildman–Crippen MR) is 74.4 cm³/mol. The van der Waals surface area contributed by atoms with Crippen molar-refractivity contribution in [2.75, 3.05) is 6.54 Å². The second-order valence-electron chi connectivity index (χ2n) is 3.13. The Hall–Kier alpha value is -0.860. The molecule has 4 N–H and O–H groups in total. The van der Waals surface area contributed by atoms with Crippen molar-refractivity contribution < 1.29 is 0 Å². The number of hydrogen-bond donors (Lipinski definition) is 2. The second-order valence-corrected chi connectivity index (χ2v) is 3.13. The van der Waals surface area contributed by atoms with Gasteiger partial charge in [0.1, 0.15) is 0 Å². The molecule has 2 nitrogen and oxygen atoms in total. The fourth-order valence-electron chi connectivity index (χ4n) is 1.27. The fourth-order valence-corrected chi connectivity index (χ4v) is 1.27. The van der Waals surface area contributed by atoms with E-state index < -0.39 is 0 Å². The van der Waals surface area contributed by atoms with E-state index in [2.05, 4.69) is 25.1 Å². The van der Waals surface area contributed by atoms with Crippen LogP contribution >= 0.6 is 0 Å². The molecular formula is C14H28N2. The summed E-state index contributed by atoms with van der Waals surface area (Å²) in [5.41, 5.74) is 13.1. The molecule has 94 valence electrons. The van der Waals surface area contributed by atoms with Gasteiger partial charge in [0.05, 0.1) is 0 Å². The summed E-state index contributed by atoms with van der Waals surface area (Å²) in [5, 5.41) is 0. The van der Waals surface area contributed by atoms with Crippen molar-refractivity contribution in [2.45, 2.75) is 47.1 Å². The molecule has 0 unspecified atom stereocenters. The average molecular weight is 224 g/mol. The Balaban J connectivity index is 0. The van der Waals surface area contributed by atoms with Gasteiger partial charge in [-0.25, -0.2) is 0 Å². The van der Waals surface area contributed by atoms with E-state index in [9.17, 15) is 0 Å². The smallest absolute Gasteiger partial charge is 0.0180 e. The summed E-state index contributed by atoms with van der Waals surface area (Å²) in [5.74, 6) is 0. The Morgan fingerprint density at radius 3 is 1.75 bits per heavy atom. The van der Waals surface area contributed by atoms with Crippen molar-refractivity contribution in [2.24, 2.45) is 11.5 Å². The maximum Gasteiger partial charge on any atom is 0.0180 e. The third-order valence-electron chi connectivity index (χ3n) is 1.86. The molecule has 0 heterocycles. The lowest BCUT2D eigenvalue weighted by atomic mass is 10.0. The van der Waals surface area contributed by atoms with E-state index in [1.807, 2.05) is 26.8 Å². The third-order valence-corrected chi connectivity index (χ3v) is 1.86. The molecule has 1 aromatic rings. The fraction of sp³-hybridized carbons (Fsp3) is 0.571. The lowest BCUT2D eigenvalue weighted by Gasteiger charge is -2.04. The Morgan fingerprint density at radius 1 is 0.938 bits per heavy atom. The van der Waals surface area contributed by atoms with E-state index in [4.69, 9.17) is 11.5 Å². The molecule has 0 aromatic heterocycles. The molecule has 16 heavy (non-hydrogen) atoms. The first-order valence-electron chi connectivity index (χ1n) is 6.27. The lowest BCUT2D eigenvalue weighted by molar-refractivity contribution is 0.893. The first-order chi connectivity index (χ1) is 7.79. The highest BCUT2D eigenvalue weighted by Crippen LogP contribution is 2.09. The average Bonchev–Trinajstić information content (AvgIpc) is 2.34. The van der Waals surface area contributed by atoms with Crippen molar-refractivity contribution in [1.82, 2.24) is 0 Å². The highest BCUT2D eigenvalue weighted by Gasteiger charge is 1.96. The Kier molecular flexibility index (Phi) is 15.5. The van der Waals surface area contributed by atoms with E-state index in [1.54, 1.807) is 0 Å². The van der Waals surface area contributed by atoms with Crippen LogP contribution in [0.4, 0.5) is 0 Å². The Labute approximate surface area is 101 Å². The SMILES string of the molecule is CC.CCCc1ccccc1CN.CCN. The summed E-state index contributed by atoms with van der Waals surface area (Å²) in [4.78, 5) is 0. The van der Waals surface area contributed by atoms with Crippen LogP contribution in [0.25, 0.3) is 0 Å². The molecular weight excluding hydrogens is 196 g/mol. The monoisotopic (exact) mass is 224 g/mol. The maximum atomic E-state index is 5.58. The molecule has 2 heteroatoms. The van der Waals surface area contributed by atoms with Gasteiger partial charge in [0, 0.05) is 6.54 Å². The van der Waals surface area contributed by atoms with Gasteiger partial charge in [-0.1, -0.05) is 58.4 Å². The van der Waals surface area contributed by atoms with Crippen LogP contribution in [0.1, 0.15) is 45.2 Å². The van der Waals surface area contributed by atoms with Crippen molar-refractivity contribution in [1.29, 1.82) is 0 Å². The molecule has 0 aliphatic carbocycles. The molecule has 1 rings (SSSR count). The number of aryl methyl sites for hydroxylation is 1. The molecule has 0 aliphatic rings. The zero-order chi connectivity index (χ0) is 12.8.